The summed E-state index contributed by atoms with van der Waals surface area (Å²) in [6, 6.07) is 13.2. The summed E-state index contributed by atoms with van der Waals surface area (Å²) in [5.41, 5.74) is 0.596. The van der Waals surface area contributed by atoms with Crippen LogP contribution in [-0.2, 0) is 17.9 Å². The van der Waals surface area contributed by atoms with Gasteiger partial charge in [0.05, 0.1) is 5.52 Å². The number of benzene rings is 1. The maximum atomic E-state index is 12.5. The molecule has 0 fully saturated rings. The number of carbonyl (C=O) groups is 1. The van der Waals surface area contributed by atoms with E-state index in [9.17, 15) is 14.4 Å². The molecule has 1 atom stereocenters. The van der Waals surface area contributed by atoms with Crippen LogP contribution < -0.4 is 16.4 Å². The lowest BCUT2D eigenvalue weighted by molar-refractivity contribution is -0.121. The van der Waals surface area contributed by atoms with Gasteiger partial charge in [0.15, 0.2) is 5.65 Å². The first-order chi connectivity index (χ1) is 13.0. The second kappa shape index (κ2) is 7.99. The number of hydrogen-bond acceptors (Lipinski definition) is 4. The summed E-state index contributed by atoms with van der Waals surface area (Å²) in [6.07, 6.45) is 1.56. The molecule has 0 aliphatic heterocycles. The average Bonchev–Trinajstić information content (AvgIpc) is 2.70. The SMILES string of the molecule is CCn1c(=O)c(=O)n(CC(=O)NC[C@H](C)c2ccccc2)c2cccnc21. The van der Waals surface area contributed by atoms with Crippen molar-refractivity contribution in [1.82, 2.24) is 19.4 Å². The summed E-state index contributed by atoms with van der Waals surface area (Å²) < 4.78 is 2.52. The molecule has 0 saturated heterocycles. The molecular formula is C20H22N4O3. The van der Waals surface area contributed by atoms with Crippen LogP contribution in [0.4, 0.5) is 0 Å². The largest absolute Gasteiger partial charge is 0.354 e. The van der Waals surface area contributed by atoms with Crippen LogP contribution in [0.5, 0.6) is 0 Å². The molecule has 0 radical (unpaired) electrons. The molecule has 2 heterocycles. The van der Waals surface area contributed by atoms with Gasteiger partial charge in [0.25, 0.3) is 0 Å². The Labute approximate surface area is 156 Å². The fourth-order valence-electron chi connectivity index (χ4n) is 3.06. The van der Waals surface area contributed by atoms with Gasteiger partial charge in [-0.25, -0.2) is 4.98 Å². The highest BCUT2D eigenvalue weighted by Gasteiger charge is 2.15. The lowest BCUT2D eigenvalue weighted by Crippen LogP contribution is -2.44. The Morgan fingerprint density at radius 1 is 1.07 bits per heavy atom. The minimum Gasteiger partial charge on any atom is -0.354 e. The molecule has 1 amide bonds. The lowest BCUT2D eigenvalue weighted by Gasteiger charge is -2.15. The Balaban J connectivity index is 1.82. The summed E-state index contributed by atoms with van der Waals surface area (Å²) in [6.45, 7) is 4.35. The summed E-state index contributed by atoms with van der Waals surface area (Å²) in [7, 11) is 0. The van der Waals surface area contributed by atoms with E-state index in [-0.39, 0.29) is 18.4 Å². The van der Waals surface area contributed by atoms with Crippen molar-refractivity contribution in [2.45, 2.75) is 32.9 Å². The van der Waals surface area contributed by atoms with Crippen molar-refractivity contribution in [1.29, 1.82) is 0 Å². The van der Waals surface area contributed by atoms with E-state index < -0.39 is 11.1 Å². The summed E-state index contributed by atoms with van der Waals surface area (Å²) >= 11 is 0. The van der Waals surface area contributed by atoms with Gasteiger partial charge in [-0.15, -0.1) is 0 Å². The monoisotopic (exact) mass is 366 g/mol. The molecule has 27 heavy (non-hydrogen) atoms. The molecule has 3 aromatic rings. The van der Waals surface area contributed by atoms with Crippen LogP contribution >= 0.6 is 0 Å². The number of pyridine rings is 1. The summed E-state index contributed by atoms with van der Waals surface area (Å²) in [5.74, 6) is -0.183. The van der Waals surface area contributed by atoms with Crippen molar-refractivity contribution in [3.05, 3.63) is 74.9 Å². The Bertz CT molecular complexity index is 1070. The first-order valence-electron chi connectivity index (χ1n) is 8.93. The summed E-state index contributed by atoms with van der Waals surface area (Å²) in [4.78, 5) is 41.4. The molecule has 0 bridgehead atoms. The first kappa shape index (κ1) is 18.6. The quantitative estimate of drug-likeness (QED) is 0.670. The van der Waals surface area contributed by atoms with Crippen molar-refractivity contribution in [3.63, 3.8) is 0 Å². The summed E-state index contributed by atoms with van der Waals surface area (Å²) in [5, 5.41) is 2.84. The van der Waals surface area contributed by atoms with E-state index in [2.05, 4.69) is 10.3 Å². The van der Waals surface area contributed by atoms with Gasteiger partial charge in [-0.05, 0) is 30.5 Å². The van der Waals surface area contributed by atoms with E-state index in [4.69, 9.17) is 0 Å². The number of rotatable bonds is 6. The zero-order chi connectivity index (χ0) is 19.4. The van der Waals surface area contributed by atoms with Gasteiger partial charge in [-0.1, -0.05) is 37.3 Å². The van der Waals surface area contributed by atoms with E-state index in [1.54, 1.807) is 25.3 Å². The van der Waals surface area contributed by atoms with Crippen molar-refractivity contribution >= 4 is 17.1 Å². The second-order valence-electron chi connectivity index (χ2n) is 6.40. The van der Waals surface area contributed by atoms with Crippen molar-refractivity contribution in [2.75, 3.05) is 6.54 Å². The van der Waals surface area contributed by atoms with Crippen LogP contribution in [0.1, 0.15) is 25.3 Å². The fraction of sp³-hybridized carbons (Fsp3) is 0.300. The standard InChI is InChI=1S/C20H22N4O3/c1-3-23-18-16(10-7-11-21-18)24(20(27)19(23)26)13-17(25)22-12-14(2)15-8-5-4-6-9-15/h4-11,14H,3,12-13H2,1-2H3,(H,22,25)/t14-/m0/s1. The third-order valence-electron chi connectivity index (χ3n) is 4.58. The number of hydrogen-bond donors (Lipinski definition) is 1. The Hall–Kier alpha value is -3.22. The van der Waals surface area contributed by atoms with Crippen molar-refractivity contribution in [3.8, 4) is 0 Å². The zero-order valence-corrected chi connectivity index (χ0v) is 15.4. The molecule has 0 aliphatic rings. The predicted molar refractivity (Wildman–Crippen MR) is 104 cm³/mol. The topological polar surface area (TPSA) is 86.0 Å². The maximum absolute atomic E-state index is 12.5. The Kier molecular flexibility index (Phi) is 5.49. The van der Waals surface area contributed by atoms with Crippen LogP contribution in [0, 0.1) is 0 Å². The molecule has 1 N–H and O–H groups in total. The molecule has 1 aromatic carbocycles. The highest BCUT2D eigenvalue weighted by atomic mass is 16.2. The highest BCUT2D eigenvalue weighted by molar-refractivity contribution is 5.78. The van der Waals surface area contributed by atoms with Gasteiger partial charge in [-0.3, -0.25) is 23.5 Å². The lowest BCUT2D eigenvalue weighted by atomic mass is 10.0. The van der Waals surface area contributed by atoms with Crippen LogP contribution in [0.15, 0.2) is 58.3 Å². The number of fused-ring (bicyclic) bond motifs is 1. The smallest absolute Gasteiger partial charge is 0.318 e. The molecule has 7 nitrogen and oxygen atoms in total. The number of aromatic nitrogens is 3. The molecular weight excluding hydrogens is 344 g/mol. The maximum Gasteiger partial charge on any atom is 0.318 e. The fourth-order valence-corrected chi connectivity index (χ4v) is 3.06. The van der Waals surface area contributed by atoms with E-state index in [0.29, 0.717) is 24.3 Å². The highest BCUT2D eigenvalue weighted by Crippen LogP contribution is 2.13. The van der Waals surface area contributed by atoms with Gasteiger partial charge in [0, 0.05) is 19.3 Å². The first-order valence-corrected chi connectivity index (χ1v) is 8.93. The zero-order valence-electron chi connectivity index (χ0n) is 15.4. The van der Waals surface area contributed by atoms with Crippen molar-refractivity contribution in [2.24, 2.45) is 0 Å². The molecule has 7 heteroatoms. The van der Waals surface area contributed by atoms with Crippen LogP contribution in [-0.4, -0.2) is 26.6 Å². The minimum absolute atomic E-state index is 0.137. The van der Waals surface area contributed by atoms with Gasteiger partial charge in [0.2, 0.25) is 5.91 Å². The second-order valence-corrected chi connectivity index (χ2v) is 6.40. The third kappa shape index (κ3) is 3.81. The molecule has 2 aromatic heterocycles. The molecule has 0 spiro atoms. The molecule has 0 aliphatic carbocycles. The van der Waals surface area contributed by atoms with E-state index in [1.165, 1.54) is 9.13 Å². The number of nitrogens with one attached hydrogen (secondary N) is 1. The van der Waals surface area contributed by atoms with Crippen LogP contribution in [0.2, 0.25) is 0 Å². The van der Waals surface area contributed by atoms with Crippen molar-refractivity contribution < 1.29 is 4.79 Å². The van der Waals surface area contributed by atoms with Gasteiger partial charge < -0.3 is 5.32 Å². The van der Waals surface area contributed by atoms with Crippen LogP contribution in [0.3, 0.4) is 0 Å². The van der Waals surface area contributed by atoms with Gasteiger partial charge >= 0.3 is 11.1 Å². The number of nitrogens with zero attached hydrogens (tertiary/aromatic N) is 3. The number of carbonyl (C=O) groups excluding carboxylic acids is 1. The molecule has 0 unspecified atom stereocenters. The Morgan fingerprint density at radius 3 is 2.48 bits per heavy atom. The Morgan fingerprint density at radius 2 is 1.78 bits per heavy atom. The third-order valence-corrected chi connectivity index (χ3v) is 4.58. The minimum atomic E-state index is -0.719. The normalized spacial score (nSPS) is 12.1. The molecule has 3 rings (SSSR count). The molecule has 0 saturated carbocycles. The van der Waals surface area contributed by atoms with E-state index in [0.717, 1.165) is 5.56 Å². The van der Waals surface area contributed by atoms with Gasteiger partial charge in [-0.2, -0.15) is 0 Å². The number of aryl methyl sites for hydroxylation is 1. The average molecular weight is 366 g/mol. The molecule has 140 valence electrons. The number of amides is 1. The predicted octanol–water partition coefficient (Wildman–Crippen LogP) is 1.50. The van der Waals surface area contributed by atoms with Crippen LogP contribution in [0.25, 0.3) is 11.2 Å². The van der Waals surface area contributed by atoms with E-state index >= 15 is 0 Å². The van der Waals surface area contributed by atoms with E-state index in [1.807, 2.05) is 37.3 Å². The van der Waals surface area contributed by atoms with Gasteiger partial charge in [0.1, 0.15) is 6.54 Å².